The van der Waals surface area contributed by atoms with Gasteiger partial charge in [0.1, 0.15) is 17.2 Å². The van der Waals surface area contributed by atoms with Crippen LogP contribution in [0.4, 0.5) is 4.39 Å². The first-order chi connectivity index (χ1) is 12.9. The Kier molecular flexibility index (Phi) is 4.56. The largest absolute Gasteiger partial charge is 0.326 e. The van der Waals surface area contributed by atoms with E-state index in [2.05, 4.69) is 42.3 Å². The SMILES string of the molecule is Cc1ccc(CN2CCC3(CC2)N=C(c2cccc(F)c2)C(=O)N3)c(C)c1. The summed E-state index contributed by atoms with van der Waals surface area (Å²) in [5.41, 5.74) is 4.28. The zero-order valence-electron chi connectivity index (χ0n) is 15.8. The molecule has 0 aromatic heterocycles. The summed E-state index contributed by atoms with van der Waals surface area (Å²) in [5, 5.41) is 3.05. The maximum Gasteiger partial charge on any atom is 0.272 e. The van der Waals surface area contributed by atoms with E-state index < -0.39 is 5.66 Å². The van der Waals surface area contributed by atoms with Gasteiger partial charge in [-0.15, -0.1) is 0 Å². The highest BCUT2D eigenvalue weighted by Crippen LogP contribution is 2.30. The van der Waals surface area contributed by atoms with Crippen molar-refractivity contribution in [2.75, 3.05) is 13.1 Å². The van der Waals surface area contributed by atoms with Crippen molar-refractivity contribution in [2.24, 2.45) is 4.99 Å². The average molecular weight is 365 g/mol. The maximum absolute atomic E-state index is 13.5. The van der Waals surface area contributed by atoms with Crippen LogP contribution in [-0.4, -0.2) is 35.3 Å². The van der Waals surface area contributed by atoms with E-state index in [-0.39, 0.29) is 11.7 Å². The number of nitrogens with zero attached hydrogens (tertiary/aromatic N) is 2. The number of piperidine rings is 1. The second-order valence-electron chi connectivity index (χ2n) is 7.66. The van der Waals surface area contributed by atoms with Crippen LogP contribution in [0.25, 0.3) is 0 Å². The molecule has 2 aromatic rings. The second kappa shape index (κ2) is 6.89. The van der Waals surface area contributed by atoms with Gasteiger partial charge in [-0.05, 0) is 37.1 Å². The number of nitrogens with one attached hydrogen (secondary N) is 1. The van der Waals surface area contributed by atoms with E-state index in [1.165, 1.54) is 28.8 Å². The number of hydrogen-bond acceptors (Lipinski definition) is 3. The van der Waals surface area contributed by atoms with Crippen LogP contribution in [0.5, 0.6) is 0 Å². The van der Waals surface area contributed by atoms with Gasteiger partial charge in [-0.3, -0.25) is 14.7 Å². The molecule has 0 radical (unpaired) electrons. The van der Waals surface area contributed by atoms with Crippen molar-refractivity contribution in [2.45, 2.75) is 38.9 Å². The molecular formula is C22H24FN3O. The minimum absolute atomic E-state index is 0.205. The van der Waals surface area contributed by atoms with Crippen molar-refractivity contribution in [3.8, 4) is 0 Å². The molecule has 4 rings (SSSR count). The Morgan fingerprint density at radius 3 is 2.63 bits per heavy atom. The van der Waals surface area contributed by atoms with Gasteiger partial charge in [0, 0.05) is 38.0 Å². The summed E-state index contributed by atoms with van der Waals surface area (Å²) in [6.45, 7) is 6.91. The third kappa shape index (κ3) is 3.65. The Morgan fingerprint density at radius 2 is 1.93 bits per heavy atom. The van der Waals surface area contributed by atoms with Crippen LogP contribution in [0.1, 0.15) is 35.1 Å². The van der Waals surface area contributed by atoms with Crippen LogP contribution in [0.3, 0.4) is 0 Å². The molecule has 0 bridgehead atoms. The monoisotopic (exact) mass is 365 g/mol. The molecule has 2 aliphatic heterocycles. The van der Waals surface area contributed by atoms with E-state index in [9.17, 15) is 9.18 Å². The van der Waals surface area contributed by atoms with E-state index in [0.29, 0.717) is 11.3 Å². The zero-order chi connectivity index (χ0) is 19.0. The van der Waals surface area contributed by atoms with Gasteiger partial charge in [0.05, 0.1) is 0 Å². The van der Waals surface area contributed by atoms with Gasteiger partial charge in [-0.1, -0.05) is 35.9 Å². The predicted molar refractivity (Wildman–Crippen MR) is 104 cm³/mol. The molecular weight excluding hydrogens is 341 g/mol. The lowest BCUT2D eigenvalue weighted by molar-refractivity contribution is -0.115. The summed E-state index contributed by atoms with van der Waals surface area (Å²) in [4.78, 5) is 19.5. The van der Waals surface area contributed by atoms with Gasteiger partial charge in [-0.2, -0.15) is 0 Å². The first-order valence-electron chi connectivity index (χ1n) is 9.41. The number of likely N-dealkylation sites (tertiary alicyclic amines) is 1. The van der Waals surface area contributed by atoms with Crippen molar-refractivity contribution in [3.63, 3.8) is 0 Å². The average Bonchev–Trinajstić information content (AvgIpc) is 2.96. The van der Waals surface area contributed by atoms with Gasteiger partial charge >= 0.3 is 0 Å². The number of halogens is 1. The maximum atomic E-state index is 13.5. The molecule has 0 saturated carbocycles. The summed E-state index contributed by atoms with van der Waals surface area (Å²) >= 11 is 0. The molecule has 2 aromatic carbocycles. The molecule has 0 atom stereocenters. The van der Waals surface area contributed by atoms with Crippen molar-refractivity contribution in [3.05, 3.63) is 70.5 Å². The lowest BCUT2D eigenvalue weighted by atomic mass is 9.97. The molecule has 5 heteroatoms. The van der Waals surface area contributed by atoms with Crippen molar-refractivity contribution in [1.29, 1.82) is 0 Å². The van der Waals surface area contributed by atoms with Crippen LogP contribution >= 0.6 is 0 Å². The number of amides is 1. The van der Waals surface area contributed by atoms with Crippen LogP contribution in [0.2, 0.25) is 0 Å². The number of hydrogen-bond donors (Lipinski definition) is 1. The standard InChI is InChI=1S/C22H24FN3O/c1-15-6-7-18(16(2)12-15)14-26-10-8-22(9-11-26)24-20(21(27)25-22)17-4-3-5-19(23)13-17/h3-7,12-13H,8-11,14H2,1-2H3,(H,25,27). The highest BCUT2D eigenvalue weighted by molar-refractivity contribution is 6.46. The normalized spacial score (nSPS) is 19.2. The Morgan fingerprint density at radius 1 is 1.15 bits per heavy atom. The van der Waals surface area contributed by atoms with E-state index in [0.717, 1.165) is 32.5 Å². The fourth-order valence-electron chi connectivity index (χ4n) is 3.98. The molecule has 1 fully saturated rings. The highest BCUT2D eigenvalue weighted by Gasteiger charge is 2.42. The van der Waals surface area contributed by atoms with Gasteiger partial charge in [-0.25, -0.2) is 4.39 Å². The van der Waals surface area contributed by atoms with Crippen LogP contribution in [0.15, 0.2) is 47.5 Å². The molecule has 27 heavy (non-hydrogen) atoms. The molecule has 1 N–H and O–H groups in total. The third-order valence-corrected chi connectivity index (χ3v) is 5.56. The number of carbonyl (C=O) groups excluding carboxylic acids is 1. The van der Waals surface area contributed by atoms with Crippen LogP contribution in [0, 0.1) is 19.7 Å². The van der Waals surface area contributed by atoms with Crippen LogP contribution in [-0.2, 0) is 11.3 Å². The molecule has 1 amide bonds. The Labute approximate surface area is 159 Å². The summed E-state index contributed by atoms with van der Waals surface area (Å²) in [5.74, 6) is -0.560. The van der Waals surface area contributed by atoms with E-state index in [1.54, 1.807) is 12.1 Å². The van der Waals surface area contributed by atoms with Crippen molar-refractivity contribution < 1.29 is 9.18 Å². The summed E-state index contributed by atoms with van der Waals surface area (Å²) in [6, 6.07) is 12.7. The molecule has 2 heterocycles. The van der Waals surface area contributed by atoms with E-state index >= 15 is 0 Å². The molecule has 1 spiro atoms. The lowest BCUT2D eigenvalue weighted by Gasteiger charge is -2.37. The fourth-order valence-corrected chi connectivity index (χ4v) is 3.98. The predicted octanol–water partition coefficient (Wildman–Crippen LogP) is 3.35. The van der Waals surface area contributed by atoms with Crippen LogP contribution < -0.4 is 5.32 Å². The molecule has 0 aliphatic carbocycles. The van der Waals surface area contributed by atoms with E-state index in [1.807, 2.05) is 0 Å². The second-order valence-corrected chi connectivity index (χ2v) is 7.66. The van der Waals surface area contributed by atoms with Gasteiger partial charge in [0.25, 0.3) is 5.91 Å². The quantitative estimate of drug-likeness (QED) is 0.907. The summed E-state index contributed by atoms with van der Waals surface area (Å²) in [7, 11) is 0. The Hall–Kier alpha value is -2.53. The number of aliphatic imine (C=N–C) groups is 1. The fraction of sp³-hybridized carbons (Fsp3) is 0.364. The minimum Gasteiger partial charge on any atom is -0.326 e. The number of carbonyl (C=O) groups is 1. The Balaban J connectivity index is 1.46. The lowest BCUT2D eigenvalue weighted by Crippen LogP contribution is -2.50. The molecule has 0 unspecified atom stereocenters. The molecule has 140 valence electrons. The number of aryl methyl sites for hydroxylation is 2. The zero-order valence-corrected chi connectivity index (χ0v) is 15.8. The van der Waals surface area contributed by atoms with Gasteiger partial charge in [0.2, 0.25) is 0 Å². The van der Waals surface area contributed by atoms with Gasteiger partial charge < -0.3 is 5.32 Å². The van der Waals surface area contributed by atoms with E-state index in [4.69, 9.17) is 4.99 Å². The molecule has 1 saturated heterocycles. The summed E-state index contributed by atoms with van der Waals surface area (Å²) < 4.78 is 13.5. The smallest absolute Gasteiger partial charge is 0.272 e. The number of benzene rings is 2. The molecule has 4 nitrogen and oxygen atoms in total. The summed E-state index contributed by atoms with van der Waals surface area (Å²) in [6.07, 6.45) is 1.53. The third-order valence-electron chi connectivity index (χ3n) is 5.56. The first kappa shape index (κ1) is 17.9. The van der Waals surface area contributed by atoms with Crippen molar-refractivity contribution >= 4 is 11.6 Å². The molecule has 2 aliphatic rings. The highest BCUT2D eigenvalue weighted by atomic mass is 19.1. The topological polar surface area (TPSA) is 44.7 Å². The Bertz CT molecular complexity index is 914. The number of rotatable bonds is 3. The first-order valence-corrected chi connectivity index (χ1v) is 9.41. The minimum atomic E-state index is -0.544. The van der Waals surface area contributed by atoms with Gasteiger partial charge in [0.15, 0.2) is 0 Å². The van der Waals surface area contributed by atoms with Crippen molar-refractivity contribution in [1.82, 2.24) is 10.2 Å².